The van der Waals surface area contributed by atoms with E-state index in [4.69, 9.17) is 11.5 Å². The van der Waals surface area contributed by atoms with Gasteiger partial charge in [0.15, 0.2) is 0 Å². The first-order valence-corrected chi connectivity index (χ1v) is 22.7. The van der Waals surface area contributed by atoms with E-state index in [0.29, 0.717) is 23.4 Å². The third kappa shape index (κ3) is 15.6. The van der Waals surface area contributed by atoms with Crippen molar-refractivity contribution in [2.75, 3.05) is 18.1 Å². The number of aromatic amines is 2. The number of aliphatic hydroxyl groups excluding tert-OH is 1. The number of aromatic nitrogens is 4. The summed E-state index contributed by atoms with van der Waals surface area (Å²) in [5, 5.41) is 38.4. The Bertz CT molecular complexity index is 2060. The van der Waals surface area contributed by atoms with Crippen LogP contribution >= 0.6 is 21.6 Å². The topological polar surface area (TPSA) is 371 Å². The van der Waals surface area contributed by atoms with Crippen molar-refractivity contribution < 1.29 is 48.6 Å². The number of benzene rings is 1. The molecule has 1 aliphatic heterocycles. The van der Waals surface area contributed by atoms with Crippen molar-refractivity contribution in [3.63, 3.8) is 0 Å². The van der Waals surface area contributed by atoms with Crippen LogP contribution < -0.4 is 48.7 Å². The first kappa shape index (κ1) is 50.5. The molecular weight excluding hydrogens is 875 g/mol. The van der Waals surface area contributed by atoms with Crippen LogP contribution in [0.25, 0.3) is 0 Å². The summed E-state index contributed by atoms with van der Waals surface area (Å²) in [5.41, 5.74) is 13.2. The number of imidazole rings is 2. The summed E-state index contributed by atoms with van der Waals surface area (Å²) in [6.07, 6.45) is 3.92. The smallest absolute Gasteiger partial charge is 0.245 e. The van der Waals surface area contributed by atoms with Gasteiger partial charge in [0.05, 0.1) is 31.3 Å². The van der Waals surface area contributed by atoms with E-state index in [1.165, 1.54) is 44.1 Å². The maximum Gasteiger partial charge on any atom is 0.245 e. The summed E-state index contributed by atoms with van der Waals surface area (Å²) in [7, 11) is 2.13. The number of hydrogen-bond donors (Lipinski definition) is 13. The van der Waals surface area contributed by atoms with E-state index < -0.39 is 108 Å². The number of amides is 8. The van der Waals surface area contributed by atoms with Gasteiger partial charge in [0.2, 0.25) is 47.3 Å². The molecule has 4 rings (SSSR count). The molecule has 0 radical (unpaired) electrons. The lowest BCUT2D eigenvalue weighted by Crippen LogP contribution is -2.62. The highest BCUT2D eigenvalue weighted by atomic mass is 33.1. The van der Waals surface area contributed by atoms with Gasteiger partial charge in [-0.25, -0.2) is 9.97 Å². The van der Waals surface area contributed by atoms with Gasteiger partial charge in [-0.1, -0.05) is 54.0 Å². The summed E-state index contributed by atoms with van der Waals surface area (Å²) in [4.78, 5) is 122. The molecule has 348 valence electrons. The molecule has 25 heteroatoms. The Morgan fingerprint density at radius 2 is 1.25 bits per heavy atom. The van der Waals surface area contributed by atoms with Crippen molar-refractivity contribution in [3.05, 3.63) is 66.3 Å². The molecule has 8 amide bonds. The number of H-pyrrole nitrogens is 2. The second-order valence-corrected chi connectivity index (χ2v) is 17.7. The fourth-order valence-electron chi connectivity index (χ4n) is 6.19. The van der Waals surface area contributed by atoms with Crippen LogP contribution in [0.3, 0.4) is 0 Å². The van der Waals surface area contributed by atoms with Gasteiger partial charge in [0, 0.05) is 54.5 Å². The molecule has 15 N–H and O–H groups in total. The molecule has 23 nitrogen and oxygen atoms in total. The van der Waals surface area contributed by atoms with Gasteiger partial charge >= 0.3 is 0 Å². The number of primary amides is 1. The number of nitrogens with one attached hydrogen (secondary N) is 9. The van der Waals surface area contributed by atoms with Gasteiger partial charge in [-0.05, 0) is 30.5 Å². The first-order valence-electron chi connectivity index (χ1n) is 20.2. The maximum atomic E-state index is 14.0. The number of nitrogens with two attached hydrogens (primary N) is 2. The molecule has 4 unspecified atom stereocenters. The number of phenols is 1. The van der Waals surface area contributed by atoms with Gasteiger partial charge in [0.1, 0.15) is 42.0 Å². The molecule has 64 heavy (non-hydrogen) atoms. The second-order valence-electron chi connectivity index (χ2n) is 15.1. The number of carbonyl (C=O) groups is 8. The molecule has 3 aromatic rings. The Hall–Kier alpha value is -6.18. The van der Waals surface area contributed by atoms with Gasteiger partial charge in [-0.15, -0.1) is 0 Å². The highest BCUT2D eigenvalue weighted by Gasteiger charge is 2.36. The average molecular weight is 930 g/mol. The van der Waals surface area contributed by atoms with Crippen molar-refractivity contribution in [2.45, 2.75) is 94.9 Å². The van der Waals surface area contributed by atoms with E-state index in [9.17, 15) is 48.6 Å². The summed E-state index contributed by atoms with van der Waals surface area (Å²) < 4.78 is 0. The molecule has 9 atom stereocenters. The van der Waals surface area contributed by atoms with Crippen LogP contribution in [0.1, 0.15) is 44.1 Å². The van der Waals surface area contributed by atoms with Gasteiger partial charge in [0.25, 0.3) is 0 Å². The Morgan fingerprint density at radius 3 is 1.78 bits per heavy atom. The van der Waals surface area contributed by atoms with Crippen LogP contribution in [0.15, 0.2) is 49.3 Å². The standard InChI is InChI=1S/C39H55N13O10S2/c1-4-19(2)31-38(61)48-28(11-23-13-43-18-46-23)37(60)52-32(20(3)53)39(62)49-27(10-22-12-42-17-45-22)36(59)50-29(33(41)56)16-64-63-15-25(40)34(57)47-26(35(58)44-14-30(55)51-31)9-21-5-7-24(54)8-6-21/h5-8,12-13,17-20,25-29,31-32,53-54H,4,9-11,14-16,40H2,1-3H3,(H2,41,56)(H,42,45)(H,43,46)(H,44,58)(H,47,57)(H,48,61)(H,49,62)(H,50,59)(H,51,55)(H,52,60)/t19-,20?,25-,26?,27?,28?,29-,31-,32-/m0/s1. The minimum atomic E-state index is -1.68. The quantitative estimate of drug-likeness (QED) is 0.0879. The normalized spacial score (nSPS) is 25.3. The number of aromatic hydroxyl groups is 1. The molecule has 0 aliphatic carbocycles. The number of nitrogens with zero attached hydrogens (tertiary/aromatic N) is 2. The van der Waals surface area contributed by atoms with Crippen LogP contribution in [0.2, 0.25) is 0 Å². The fourth-order valence-corrected chi connectivity index (χ4v) is 8.49. The van der Waals surface area contributed by atoms with Crippen molar-refractivity contribution in [2.24, 2.45) is 17.4 Å². The largest absolute Gasteiger partial charge is 0.508 e. The average Bonchev–Trinajstić information content (AvgIpc) is 3.98. The van der Waals surface area contributed by atoms with Crippen molar-refractivity contribution in [1.29, 1.82) is 0 Å². The van der Waals surface area contributed by atoms with E-state index >= 15 is 0 Å². The Morgan fingerprint density at radius 1 is 0.719 bits per heavy atom. The number of aliphatic hydroxyl groups is 1. The fraction of sp³-hybridized carbons (Fsp3) is 0.487. The minimum absolute atomic E-state index is 0.0267. The number of rotatable bonds is 10. The van der Waals surface area contributed by atoms with Crippen LogP contribution in [0.5, 0.6) is 5.75 Å². The molecule has 0 saturated carbocycles. The molecule has 1 aromatic carbocycles. The Kier molecular flexibility index (Phi) is 19.4. The maximum absolute atomic E-state index is 14.0. The molecule has 0 spiro atoms. The molecule has 1 fully saturated rings. The second kappa shape index (κ2) is 24.6. The Labute approximate surface area is 375 Å². The Balaban J connectivity index is 1.68. The van der Waals surface area contributed by atoms with E-state index in [0.717, 1.165) is 21.6 Å². The van der Waals surface area contributed by atoms with Crippen molar-refractivity contribution >= 4 is 68.8 Å². The molecule has 0 bridgehead atoms. The van der Waals surface area contributed by atoms with Gasteiger partial charge < -0.3 is 68.9 Å². The summed E-state index contributed by atoms with van der Waals surface area (Å²) in [6, 6.07) is -3.59. The van der Waals surface area contributed by atoms with Gasteiger partial charge in [-0.3, -0.25) is 38.4 Å². The summed E-state index contributed by atoms with van der Waals surface area (Å²) in [5.74, 6) is -7.44. The third-order valence-corrected chi connectivity index (χ3v) is 12.5. The first-order chi connectivity index (χ1) is 30.4. The molecule has 1 saturated heterocycles. The summed E-state index contributed by atoms with van der Waals surface area (Å²) in [6.45, 7) is 4.06. The van der Waals surface area contributed by atoms with Crippen molar-refractivity contribution in [3.8, 4) is 5.75 Å². The molecule has 2 aromatic heterocycles. The molecule has 1 aliphatic rings. The predicted molar refractivity (Wildman–Crippen MR) is 234 cm³/mol. The van der Waals surface area contributed by atoms with E-state index in [1.807, 2.05) is 0 Å². The lowest BCUT2D eigenvalue weighted by Gasteiger charge is -2.29. The third-order valence-electron chi connectivity index (χ3n) is 10.1. The number of hydrogen-bond acceptors (Lipinski definition) is 15. The van der Waals surface area contributed by atoms with Crippen LogP contribution in [0.4, 0.5) is 0 Å². The van der Waals surface area contributed by atoms with Crippen LogP contribution in [-0.2, 0) is 57.6 Å². The monoisotopic (exact) mass is 929 g/mol. The highest BCUT2D eigenvalue weighted by molar-refractivity contribution is 8.76. The van der Waals surface area contributed by atoms with Crippen LogP contribution in [-0.4, -0.2) is 144 Å². The lowest BCUT2D eigenvalue weighted by molar-refractivity contribution is -0.136. The SMILES string of the molecule is CC[C@H](C)[C@@H]1NC(=O)CNC(=O)C(Cc2ccc(O)cc2)NC(=O)[C@@H](N)CSSC[C@@H](C(N)=O)NC(=O)C(Cc2cnc[nH]2)NC(=O)[C@H](C(C)O)NC(=O)C(Cc2cnc[nH]2)NC1=O. The zero-order valence-corrected chi connectivity index (χ0v) is 36.9. The minimum Gasteiger partial charge on any atom is -0.508 e. The van der Waals surface area contributed by atoms with Crippen LogP contribution in [0, 0.1) is 5.92 Å². The van der Waals surface area contributed by atoms with E-state index in [1.54, 1.807) is 26.0 Å². The molecule has 3 heterocycles. The summed E-state index contributed by atoms with van der Waals surface area (Å²) >= 11 is 0. The highest BCUT2D eigenvalue weighted by Crippen LogP contribution is 2.23. The molecular formula is C39H55N13O10S2. The number of carbonyl (C=O) groups excluding carboxylic acids is 8. The van der Waals surface area contributed by atoms with Crippen molar-refractivity contribution in [1.82, 2.24) is 57.2 Å². The lowest BCUT2D eigenvalue weighted by atomic mass is 9.97. The zero-order valence-electron chi connectivity index (χ0n) is 35.3. The number of phenolic OH excluding ortho intramolecular Hbond substituents is 1. The van der Waals surface area contributed by atoms with E-state index in [-0.39, 0.29) is 36.5 Å². The van der Waals surface area contributed by atoms with Gasteiger partial charge in [-0.2, -0.15) is 0 Å². The van der Waals surface area contributed by atoms with E-state index in [2.05, 4.69) is 57.2 Å². The predicted octanol–water partition coefficient (Wildman–Crippen LogP) is -3.47. The zero-order chi connectivity index (χ0) is 46.9.